The van der Waals surface area contributed by atoms with Crippen LogP contribution in [0.3, 0.4) is 0 Å². The molecule has 0 aliphatic heterocycles. The molecule has 0 radical (unpaired) electrons. The molecular formula is C17H34N2O. The summed E-state index contributed by atoms with van der Waals surface area (Å²) in [5.41, 5.74) is 6.15. The summed E-state index contributed by atoms with van der Waals surface area (Å²) in [6.45, 7) is 11.9. The van der Waals surface area contributed by atoms with Gasteiger partial charge >= 0.3 is 0 Å². The minimum atomic E-state index is -0.000315. The summed E-state index contributed by atoms with van der Waals surface area (Å²) < 4.78 is 0. The van der Waals surface area contributed by atoms with E-state index in [0.717, 1.165) is 31.7 Å². The Morgan fingerprint density at radius 2 is 1.95 bits per heavy atom. The van der Waals surface area contributed by atoms with Crippen molar-refractivity contribution in [3.63, 3.8) is 0 Å². The van der Waals surface area contributed by atoms with Gasteiger partial charge in [-0.05, 0) is 36.5 Å². The lowest BCUT2D eigenvalue weighted by atomic mass is 9.61. The maximum absolute atomic E-state index is 12.4. The van der Waals surface area contributed by atoms with E-state index in [4.69, 9.17) is 5.73 Å². The number of unbranched alkanes of at least 4 members (excludes halogenated alkanes) is 1. The van der Waals surface area contributed by atoms with Crippen LogP contribution in [-0.2, 0) is 4.79 Å². The van der Waals surface area contributed by atoms with Gasteiger partial charge in [-0.15, -0.1) is 0 Å². The van der Waals surface area contributed by atoms with E-state index in [-0.39, 0.29) is 23.3 Å². The van der Waals surface area contributed by atoms with Crippen molar-refractivity contribution in [2.45, 2.75) is 72.8 Å². The van der Waals surface area contributed by atoms with Crippen molar-refractivity contribution in [1.29, 1.82) is 0 Å². The Bertz CT molecular complexity index is 312. The molecule has 1 amide bonds. The van der Waals surface area contributed by atoms with Crippen LogP contribution in [0, 0.1) is 23.2 Å². The van der Waals surface area contributed by atoms with Crippen LogP contribution in [-0.4, -0.2) is 18.5 Å². The van der Waals surface area contributed by atoms with Crippen molar-refractivity contribution in [3.05, 3.63) is 0 Å². The molecular weight excluding hydrogens is 248 g/mol. The summed E-state index contributed by atoms with van der Waals surface area (Å²) in [6.07, 6.45) is 5.43. The highest BCUT2D eigenvalue weighted by atomic mass is 16.1. The van der Waals surface area contributed by atoms with Gasteiger partial charge in [0.15, 0.2) is 0 Å². The van der Waals surface area contributed by atoms with E-state index in [9.17, 15) is 4.79 Å². The van der Waals surface area contributed by atoms with Crippen molar-refractivity contribution in [2.75, 3.05) is 6.54 Å². The number of amides is 1. The largest absolute Gasteiger partial charge is 0.356 e. The first-order valence-corrected chi connectivity index (χ1v) is 8.30. The third-order valence-corrected chi connectivity index (χ3v) is 5.33. The van der Waals surface area contributed by atoms with Crippen LogP contribution in [0.15, 0.2) is 0 Å². The van der Waals surface area contributed by atoms with E-state index in [0.29, 0.717) is 5.92 Å². The molecule has 0 bridgehead atoms. The molecule has 1 saturated carbocycles. The number of nitrogens with two attached hydrogens (primary N) is 1. The molecule has 0 aromatic carbocycles. The van der Waals surface area contributed by atoms with Crippen molar-refractivity contribution in [2.24, 2.45) is 28.9 Å². The summed E-state index contributed by atoms with van der Waals surface area (Å²) >= 11 is 0. The Morgan fingerprint density at radius 1 is 1.30 bits per heavy atom. The molecule has 1 aliphatic carbocycles. The molecule has 118 valence electrons. The number of nitrogens with one attached hydrogen (secondary N) is 1. The molecule has 3 heteroatoms. The average molecular weight is 282 g/mol. The molecule has 1 fully saturated rings. The van der Waals surface area contributed by atoms with Gasteiger partial charge < -0.3 is 11.1 Å². The van der Waals surface area contributed by atoms with Gasteiger partial charge in [-0.1, -0.05) is 47.5 Å². The second kappa shape index (κ2) is 7.44. The normalized spacial score (nSPS) is 29.4. The van der Waals surface area contributed by atoms with Crippen molar-refractivity contribution < 1.29 is 4.79 Å². The van der Waals surface area contributed by atoms with Gasteiger partial charge in [-0.25, -0.2) is 0 Å². The third kappa shape index (κ3) is 4.47. The summed E-state index contributed by atoms with van der Waals surface area (Å²) in [7, 11) is 0. The maximum Gasteiger partial charge on any atom is 0.223 e. The average Bonchev–Trinajstić information content (AvgIpc) is 2.35. The van der Waals surface area contributed by atoms with E-state index < -0.39 is 0 Å². The molecule has 3 atom stereocenters. The minimum Gasteiger partial charge on any atom is -0.356 e. The van der Waals surface area contributed by atoms with Crippen LogP contribution in [0.5, 0.6) is 0 Å². The second-order valence-electron chi connectivity index (χ2n) is 7.58. The number of hydrogen-bond donors (Lipinski definition) is 2. The summed E-state index contributed by atoms with van der Waals surface area (Å²) in [5, 5.41) is 3.14. The number of carbonyl (C=O) groups is 1. The SMILES string of the molecule is CC(C)CCCCNC(=O)C1CCC(N)C(C)C1(C)C. The van der Waals surface area contributed by atoms with E-state index in [2.05, 4.69) is 39.9 Å². The van der Waals surface area contributed by atoms with Crippen molar-refractivity contribution >= 4 is 5.91 Å². The Labute approximate surface area is 125 Å². The predicted octanol–water partition coefficient (Wildman–Crippen LogP) is 3.33. The fourth-order valence-corrected chi connectivity index (χ4v) is 3.33. The molecule has 0 saturated heterocycles. The number of hydrogen-bond acceptors (Lipinski definition) is 2. The van der Waals surface area contributed by atoms with Gasteiger partial charge in [-0.3, -0.25) is 4.79 Å². The zero-order valence-electron chi connectivity index (χ0n) is 14.0. The zero-order valence-corrected chi connectivity index (χ0v) is 14.0. The quantitative estimate of drug-likeness (QED) is 0.734. The van der Waals surface area contributed by atoms with E-state index >= 15 is 0 Å². The molecule has 3 nitrogen and oxygen atoms in total. The van der Waals surface area contributed by atoms with Crippen LogP contribution >= 0.6 is 0 Å². The Balaban J connectivity index is 2.39. The molecule has 0 spiro atoms. The first kappa shape index (κ1) is 17.5. The van der Waals surface area contributed by atoms with Crippen LogP contribution in [0.4, 0.5) is 0 Å². The van der Waals surface area contributed by atoms with Gasteiger partial charge in [0.1, 0.15) is 0 Å². The third-order valence-electron chi connectivity index (χ3n) is 5.33. The van der Waals surface area contributed by atoms with E-state index in [1.807, 2.05) is 0 Å². The van der Waals surface area contributed by atoms with Gasteiger partial charge in [0.25, 0.3) is 0 Å². The van der Waals surface area contributed by atoms with E-state index in [1.165, 1.54) is 12.8 Å². The van der Waals surface area contributed by atoms with Gasteiger partial charge in [0.2, 0.25) is 5.91 Å². The highest BCUT2D eigenvalue weighted by Crippen LogP contribution is 2.44. The van der Waals surface area contributed by atoms with Crippen LogP contribution in [0.1, 0.15) is 66.7 Å². The van der Waals surface area contributed by atoms with Gasteiger partial charge in [-0.2, -0.15) is 0 Å². The lowest BCUT2D eigenvalue weighted by Crippen LogP contribution is -2.51. The maximum atomic E-state index is 12.4. The molecule has 0 heterocycles. The van der Waals surface area contributed by atoms with Gasteiger partial charge in [0, 0.05) is 18.5 Å². The molecule has 1 rings (SSSR count). The Hall–Kier alpha value is -0.570. The topological polar surface area (TPSA) is 55.1 Å². The second-order valence-corrected chi connectivity index (χ2v) is 7.58. The summed E-state index contributed by atoms with van der Waals surface area (Å²) in [6, 6.07) is 0.236. The fraction of sp³-hybridized carbons (Fsp3) is 0.941. The number of rotatable bonds is 6. The summed E-state index contributed by atoms with van der Waals surface area (Å²) in [5.74, 6) is 1.50. The highest BCUT2D eigenvalue weighted by molar-refractivity contribution is 5.79. The van der Waals surface area contributed by atoms with E-state index in [1.54, 1.807) is 0 Å². The standard InChI is InChI=1S/C17H34N2O/c1-12(2)8-6-7-11-19-16(20)14-9-10-15(18)13(3)17(14,4)5/h12-15H,6-11,18H2,1-5H3,(H,19,20). The molecule has 20 heavy (non-hydrogen) atoms. The number of carbonyl (C=O) groups excluding carboxylic acids is 1. The summed E-state index contributed by atoms with van der Waals surface area (Å²) in [4.78, 5) is 12.4. The first-order chi connectivity index (χ1) is 9.26. The zero-order chi connectivity index (χ0) is 15.3. The van der Waals surface area contributed by atoms with Crippen LogP contribution in [0.25, 0.3) is 0 Å². The molecule has 0 aromatic rings. The van der Waals surface area contributed by atoms with Crippen LogP contribution in [0.2, 0.25) is 0 Å². The Kier molecular flexibility index (Phi) is 6.50. The molecule has 0 aromatic heterocycles. The van der Waals surface area contributed by atoms with Gasteiger partial charge in [0.05, 0.1) is 0 Å². The smallest absolute Gasteiger partial charge is 0.223 e. The predicted molar refractivity (Wildman–Crippen MR) is 85.3 cm³/mol. The Morgan fingerprint density at radius 3 is 2.55 bits per heavy atom. The fourth-order valence-electron chi connectivity index (χ4n) is 3.33. The minimum absolute atomic E-state index is 0.000315. The lowest BCUT2D eigenvalue weighted by molar-refractivity contribution is -0.132. The van der Waals surface area contributed by atoms with Crippen molar-refractivity contribution in [1.82, 2.24) is 5.32 Å². The molecule has 3 unspecified atom stereocenters. The lowest BCUT2D eigenvalue weighted by Gasteiger charge is -2.46. The highest BCUT2D eigenvalue weighted by Gasteiger charge is 2.44. The monoisotopic (exact) mass is 282 g/mol. The first-order valence-electron chi connectivity index (χ1n) is 8.30. The molecule has 3 N–H and O–H groups in total. The van der Waals surface area contributed by atoms with Crippen molar-refractivity contribution in [3.8, 4) is 0 Å². The molecule has 1 aliphatic rings. The van der Waals surface area contributed by atoms with Crippen LogP contribution < -0.4 is 11.1 Å².